The van der Waals surface area contributed by atoms with Crippen molar-refractivity contribution in [2.75, 3.05) is 0 Å². The maximum atomic E-state index is 14.8. The number of halogens is 3. The van der Waals surface area contributed by atoms with E-state index in [4.69, 9.17) is 11.0 Å². The van der Waals surface area contributed by atoms with E-state index in [0.717, 1.165) is 29.3 Å². The Morgan fingerprint density at radius 1 is 1.23 bits per heavy atom. The molecule has 152 valence electrons. The number of nitrogens with two attached hydrogens (primary N) is 1. The Balaban J connectivity index is 1.89. The van der Waals surface area contributed by atoms with Crippen molar-refractivity contribution in [3.8, 4) is 6.07 Å². The SMILES string of the molecule is Cc1cc(C2CC2)c(C(N)(n2cnc3cc(C#N)ccc32)C(F)(F)F)c2cc[nH]c12. The monoisotopic (exact) mass is 409 g/mol. The van der Waals surface area contributed by atoms with Gasteiger partial charge in [-0.1, -0.05) is 6.07 Å². The summed E-state index contributed by atoms with van der Waals surface area (Å²) in [7, 11) is 0. The van der Waals surface area contributed by atoms with Gasteiger partial charge in [-0.05, 0) is 61.1 Å². The van der Waals surface area contributed by atoms with Crippen LogP contribution in [0.25, 0.3) is 21.9 Å². The number of hydrogen-bond donors (Lipinski definition) is 2. The summed E-state index contributed by atoms with van der Waals surface area (Å²) in [6.07, 6.45) is -0.356. The minimum atomic E-state index is -4.79. The van der Waals surface area contributed by atoms with Crippen LogP contribution in [0.1, 0.15) is 41.0 Å². The summed E-state index contributed by atoms with van der Waals surface area (Å²) in [5, 5.41) is 9.57. The number of aromatic nitrogens is 3. The Morgan fingerprint density at radius 2 is 2.00 bits per heavy atom. The van der Waals surface area contributed by atoms with Crippen LogP contribution in [-0.4, -0.2) is 20.7 Å². The molecule has 0 radical (unpaired) electrons. The smallest absolute Gasteiger partial charge is 0.361 e. The Bertz CT molecular complexity index is 1340. The normalized spacial score (nSPS) is 16.7. The summed E-state index contributed by atoms with van der Waals surface area (Å²) in [6.45, 7) is 1.89. The van der Waals surface area contributed by atoms with Gasteiger partial charge in [0.1, 0.15) is 0 Å². The number of nitrogens with zero attached hydrogens (tertiary/aromatic N) is 3. The maximum absolute atomic E-state index is 14.8. The van der Waals surface area contributed by atoms with Gasteiger partial charge in [-0.25, -0.2) is 4.98 Å². The van der Waals surface area contributed by atoms with Crippen LogP contribution >= 0.6 is 0 Å². The molecule has 8 heteroatoms. The van der Waals surface area contributed by atoms with E-state index in [1.165, 1.54) is 18.2 Å². The first kappa shape index (κ1) is 18.7. The molecule has 1 aliphatic carbocycles. The number of rotatable bonds is 3. The summed E-state index contributed by atoms with van der Waals surface area (Å²) in [5.41, 5.74) is 6.60. The van der Waals surface area contributed by atoms with Crippen LogP contribution in [0.2, 0.25) is 0 Å². The van der Waals surface area contributed by atoms with Crippen molar-refractivity contribution in [2.24, 2.45) is 5.73 Å². The number of fused-ring (bicyclic) bond motifs is 2. The van der Waals surface area contributed by atoms with Gasteiger partial charge in [-0.3, -0.25) is 10.3 Å². The van der Waals surface area contributed by atoms with Crippen molar-refractivity contribution < 1.29 is 13.2 Å². The second kappa shape index (κ2) is 6.09. The largest absolute Gasteiger partial charge is 0.429 e. The highest BCUT2D eigenvalue weighted by Crippen LogP contribution is 2.50. The fraction of sp³-hybridized carbons (Fsp3) is 0.273. The number of benzene rings is 2. The number of imidazole rings is 1. The number of aromatic amines is 1. The first-order valence-electron chi connectivity index (χ1n) is 9.60. The van der Waals surface area contributed by atoms with E-state index in [9.17, 15) is 13.2 Å². The predicted octanol–water partition coefficient (Wildman–Crippen LogP) is 4.80. The zero-order valence-electron chi connectivity index (χ0n) is 16.1. The van der Waals surface area contributed by atoms with Gasteiger partial charge in [0.05, 0.1) is 29.0 Å². The lowest BCUT2D eigenvalue weighted by molar-refractivity contribution is -0.197. The van der Waals surface area contributed by atoms with Crippen LogP contribution < -0.4 is 5.73 Å². The van der Waals surface area contributed by atoms with Crippen molar-refractivity contribution in [2.45, 2.75) is 37.5 Å². The topological polar surface area (TPSA) is 83.4 Å². The number of nitriles is 1. The maximum Gasteiger partial charge on any atom is 0.429 e. The Hall–Kier alpha value is -3.31. The molecule has 1 atom stereocenters. The molecule has 2 heterocycles. The first-order chi connectivity index (χ1) is 14.3. The molecule has 0 spiro atoms. The van der Waals surface area contributed by atoms with Crippen LogP contribution in [-0.2, 0) is 5.66 Å². The zero-order chi connectivity index (χ0) is 21.3. The molecule has 30 heavy (non-hydrogen) atoms. The summed E-state index contributed by atoms with van der Waals surface area (Å²) < 4.78 is 45.4. The van der Waals surface area contributed by atoms with Crippen LogP contribution in [0, 0.1) is 18.3 Å². The second-order valence-electron chi connectivity index (χ2n) is 7.89. The Labute approximate surface area is 169 Å². The molecule has 4 aromatic rings. The van der Waals surface area contributed by atoms with Gasteiger partial charge in [-0.2, -0.15) is 18.4 Å². The highest BCUT2D eigenvalue weighted by atomic mass is 19.4. The van der Waals surface area contributed by atoms with Crippen LogP contribution in [0.3, 0.4) is 0 Å². The molecule has 0 bridgehead atoms. The standard InChI is InChI=1S/C22H18F3N5/c1-12-8-16(14-3-4-14)19(15-6-7-28-20(12)15)21(27,22(23,24)25)30-11-29-17-9-13(10-26)2-5-18(17)30/h2,5-9,11,14,28H,3-4,27H2,1H3. The number of H-pyrrole nitrogens is 1. The Morgan fingerprint density at radius 3 is 2.67 bits per heavy atom. The summed E-state index contributed by atoms with van der Waals surface area (Å²) in [4.78, 5) is 7.18. The molecule has 2 aromatic carbocycles. The van der Waals surface area contributed by atoms with Gasteiger partial charge in [-0.15, -0.1) is 0 Å². The number of alkyl halides is 3. The minimum absolute atomic E-state index is 0.0583. The van der Waals surface area contributed by atoms with Crippen molar-refractivity contribution in [1.82, 2.24) is 14.5 Å². The molecular weight excluding hydrogens is 391 g/mol. The number of hydrogen-bond acceptors (Lipinski definition) is 3. The second-order valence-corrected chi connectivity index (χ2v) is 7.89. The zero-order valence-corrected chi connectivity index (χ0v) is 16.1. The molecule has 0 saturated heterocycles. The van der Waals surface area contributed by atoms with E-state index < -0.39 is 11.8 Å². The van der Waals surface area contributed by atoms with Gasteiger partial charge < -0.3 is 4.98 Å². The summed E-state index contributed by atoms with van der Waals surface area (Å²) >= 11 is 0. The van der Waals surface area contributed by atoms with E-state index >= 15 is 0 Å². The van der Waals surface area contributed by atoms with Crippen molar-refractivity contribution in [3.05, 3.63) is 65.1 Å². The van der Waals surface area contributed by atoms with E-state index in [-0.39, 0.29) is 17.0 Å². The molecule has 2 aromatic heterocycles. The van der Waals surface area contributed by atoms with E-state index in [2.05, 4.69) is 9.97 Å². The van der Waals surface area contributed by atoms with Crippen molar-refractivity contribution >= 4 is 21.9 Å². The number of nitrogens with one attached hydrogen (secondary N) is 1. The Kier molecular flexibility index (Phi) is 3.80. The molecule has 3 N–H and O–H groups in total. The van der Waals surface area contributed by atoms with Crippen LogP contribution in [0.15, 0.2) is 42.9 Å². The van der Waals surface area contributed by atoms with E-state index in [1.54, 1.807) is 12.3 Å². The fourth-order valence-corrected chi connectivity index (χ4v) is 4.34. The molecule has 0 aliphatic heterocycles. The molecular formula is C22H18F3N5. The van der Waals surface area contributed by atoms with Crippen LogP contribution in [0.4, 0.5) is 13.2 Å². The fourth-order valence-electron chi connectivity index (χ4n) is 4.34. The lowest BCUT2D eigenvalue weighted by atomic mass is 9.86. The summed E-state index contributed by atoms with van der Waals surface area (Å²) in [5.74, 6) is 0.0586. The molecule has 0 amide bonds. The highest BCUT2D eigenvalue weighted by molar-refractivity contribution is 5.89. The molecule has 1 unspecified atom stereocenters. The number of aryl methyl sites for hydroxylation is 1. The van der Waals surface area contributed by atoms with Crippen LogP contribution in [0.5, 0.6) is 0 Å². The van der Waals surface area contributed by atoms with E-state index in [1.807, 2.05) is 19.1 Å². The third-order valence-electron chi connectivity index (χ3n) is 5.96. The average molecular weight is 409 g/mol. The summed E-state index contributed by atoms with van der Waals surface area (Å²) in [6, 6.07) is 9.87. The van der Waals surface area contributed by atoms with Gasteiger partial charge >= 0.3 is 6.18 Å². The predicted molar refractivity (Wildman–Crippen MR) is 107 cm³/mol. The van der Waals surface area contributed by atoms with Gasteiger partial charge in [0.25, 0.3) is 0 Å². The van der Waals surface area contributed by atoms with Crippen molar-refractivity contribution in [1.29, 1.82) is 5.26 Å². The van der Waals surface area contributed by atoms with E-state index in [0.29, 0.717) is 27.5 Å². The first-order valence-corrected chi connectivity index (χ1v) is 9.60. The van der Waals surface area contributed by atoms with Gasteiger partial charge in [0.2, 0.25) is 5.66 Å². The highest BCUT2D eigenvalue weighted by Gasteiger charge is 2.58. The molecule has 5 rings (SSSR count). The van der Waals surface area contributed by atoms with Gasteiger partial charge in [0, 0.05) is 22.7 Å². The third kappa shape index (κ3) is 2.48. The molecule has 1 aliphatic rings. The quantitative estimate of drug-likeness (QED) is 0.510. The van der Waals surface area contributed by atoms with Gasteiger partial charge in [0.15, 0.2) is 0 Å². The lowest BCUT2D eigenvalue weighted by Gasteiger charge is -2.36. The average Bonchev–Trinajstić information content (AvgIpc) is 3.27. The van der Waals surface area contributed by atoms with Crippen molar-refractivity contribution in [3.63, 3.8) is 0 Å². The molecule has 1 saturated carbocycles. The molecule has 1 fully saturated rings. The third-order valence-corrected chi connectivity index (χ3v) is 5.96. The molecule has 5 nitrogen and oxygen atoms in total. The lowest BCUT2D eigenvalue weighted by Crippen LogP contribution is -2.56. The minimum Gasteiger partial charge on any atom is -0.361 e.